The Kier molecular flexibility index (Phi) is 1.15. The Morgan fingerprint density at radius 2 is 2.08 bits per heavy atom. The van der Waals surface area contributed by atoms with Gasteiger partial charge in [0.25, 0.3) is 0 Å². The highest BCUT2D eigenvalue weighted by molar-refractivity contribution is 5.85. The minimum Gasteiger partial charge on any atom is -0.152 e. The van der Waals surface area contributed by atoms with Crippen LogP contribution in [0.4, 0.5) is 0 Å². The predicted octanol–water partition coefficient (Wildman–Crippen LogP) is 3.05. The Hall–Kier alpha value is -1.17. The topological polar surface area (TPSA) is 0 Å². The Morgan fingerprint density at radius 3 is 3.08 bits per heavy atom. The molecule has 0 atom stereocenters. The SMILES string of the molecule is c1cc2cc3c(c[c-]2c1)CCC3. The van der Waals surface area contributed by atoms with Gasteiger partial charge in [0.1, 0.15) is 0 Å². The second-order valence-corrected chi connectivity index (χ2v) is 3.63. The zero-order chi connectivity index (χ0) is 7.97. The lowest BCUT2D eigenvalue weighted by Gasteiger charge is -2.05. The van der Waals surface area contributed by atoms with Crippen LogP contribution >= 0.6 is 0 Å². The van der Waals surface area contributed by atoms with E-state index in [0.717, 1.165) is 0 Å². The van der Waals surface area contributed by atoms with E-state index < -0.39 is 0 Å². The van der Waals surface area contributed by atoms with Gasteiger partial charge < -0.3 is 0 Å². The Bertz CT molecular complexity index is 383. The van der Waals surface area contributed by atoms with Gasteiger partial charge in [0.2, 0.25) is 0 Å². The molecular weight excluding hydrogens is 144 g/mol. The molecule has 0 heteroatoms. The molecule has 0 aliphatic heterocycles. The van der Waals surface area contributed by atoms with Crippen LogP contribution in [0, 0.1) is 0 Å². The molecule has 0 radical (unpaired) electrons. The van der Waals surface area contributed by atoms with Crippen molar-refractivity contribution in [3.63, 3.8) is 0 Å². The first-order valence-electron chi connectivity index (χ1n) is 4.61. The van der Waals surface area contributed by atoms with Crippen LogP contribution < -0.4 is 0 Å². The summed E-state index contributed by atoms with van der Waals surface area (Å²) >= 11 is 0. The molecule has 1 aliphatic carbocycles. The monoisotopic (exact) mass is 155 g/mol. The maximum atomic E-state index is 2.36. The molecule has 0 heterocycles. The van der Waals surface area contributed by atoms with Gasteiger partial charge >= 0.3 is 0 Å². The molecule has 0 amide bonds. The van der Waals surface area contributed by atoms with Crippen LogP contribution in [-0.2, 0) is 12.8 Å². The molecule has 0 spiro atoms. The van der Waals surface area contributed by atoms with Crippen LogP contribution in [0.15, 0.2) is 30.3 Å². The molecule has 60 valence electrons. The Balaban J connectivity index is 2.38. The van der Waals surface area contributed by atoms with E-state index in [1.165, 1.54) is 30.0 Å². The Labute approximate surface area is 72.2 Å². The third-order valence-corrected chi connectivity index (χ3v) is 2.85. The van der Waals surface area contributed by atoms with E-state index in [9.17, 15) is 0 Å². The fourth-order valence-corrected chi connectivity index (χ4v) is 2.21. The van der Waals surface area contributed by atoms with Crippen LogP contribution in [0.5, 0.6) is 0 Å². The smallest absolute Gasteiger partial charge is 0.0419 e. The van der Waals surface area contributed by atoms with Crippen LogP contribution in [-0.4, -0.2) is 0 Å². The lowest BCUT2D eigenvalue weighted by Crippen LogP contribution is -1.79. The first kappa shape index (κ1) is 6.36. The molecule has 0 fully saturated rings. The summed E-state index contributed by atoms with van der Waals surface area (Å²) in [6, 6.07) is 11.3. The number of rotatable bonds is 0. The van der Waals surface area contributed by atoms with E-state index in [4.69, 9.17) is 0 Å². The third-order valence-electron chi connectivity index (χ3n) is 2.85. The van der Waals surface area contributed by atoms with Crippen LogP contribution in [0.1, 0.15) is 17.5 Å². The highest BCUT2D eigenvalue weighted by Gasteiger charge is 2.05. The van der Waals surface area contributed by atoms with Crippen molar-refractivity contribution in [1.29, 1.82) is 0 Å². The van der Waals surface area contributed by atoms with Crippen LogP contribution in [0.25, 0.3) is 10.8 Å². The molecule has 0 N–H and O–H groups in total. The largest absolute Gasteiger partial charge is 0.152 e. The van der Waals surface area contributed by atoms with Gasteiger partial charge in [-0.15, -0.1) is 34.7 Å². The molecule has 12 heavy (non-hydrogen) atoms. The van der Waals surface area contributed by atoms with E-state index in [1.807, 2.05) is 0 Å². The first-order valence-corrected chi connectivity index (χ1v) is 4.61. The highest BCUT2D eigenvalue weighted by Crippen LogP contribution is 2.27. The van der Waals surface area contributed by atoms with Crippen LogP contribution in [0.3, 0.4) is 0 Å². The van der Waals surface area contributed by atoms with Crippen molar-refractivity contribution in [2.75, 3.05) is 0 Å². The summed E-state index contributed by atoms with van der Waals surface area (Å²) in [4.78, 5) is 0. The second kappa shape index (κ2) is 2.16. The van der Waals surface area contributed by atoms with E-state index >= 15 is 0 Å². The molecule has 0 saturated heterocycles. The molecule has 3 rings (SSSR count). The molecule has 0 bridgehead atoms. The number of benzene rings is 1. The Morgan fingerprint density at radius 1 is 1.17 bits per heavy atom. The van der Waals surface area contributed by atoms with E-state index in [2.05, 4.69) is 30.3 Å². The average Bonchev–Trinajstić information content (AvgIpc) is 2.64. The number of aryl methyl sites for hydroxylation is 2. The van der Waals surface area contributed by atoms with E-state index in [0.29, 0.717) is 0 Å². The summed E-state index contributed by atoms with van der Waals surface area (Å²) in [6.07, 6.45) is 3.93. The quantitative estimate of drug-likeness (QED) is 0.513. The molecule has 0 unspecified atom stereocenters. The summed E-state index contributed by atoms with van der Waals surface area (Å²) < 4.78 is 0. The van der Waals surface area contributed by atoms with Crippen molar-refractivity contribution in [3.05, 3.63) is 41.5 Å². The summed E-state index contributed by atoms with van der Waals surface area (Å²) in [7, 11) is 0. The maximum absolute atomic E-state index is 2.36. The fraction of sp³-hybridized carbons (Fsp3) is 0.250. The highest BCUT2D eigenvalue weighted by atomic mass is 14.2. The third kappa shape index (κ3) is 0.752. The van der Waals surface area contributed by atoms with Gasteiger partial charge in [-0.3, -0.25) is 0 Å². The summed E-state index contributed by atoms with van der Waals surface area (Å²) in [5, 5.41) is 2.83. The zero-order valence-electron chi connectivity index (χ0n) is 7.01. The predicted molar refractivity (Wildman–Crippen MR) is 51.6 cm³/mol. The van der Waals surface area contributed by atoms with Gasteiger partial charge in [0.05, 0.1) is 0 Å². The summed E-state index contributed by atoms with van der Waals surface area (Å²) in [6.45, 7) is 0. The maximum Gasteiger partial charge on any atom is -0.0419 e. The van der Waals surface area contributed by atoms with Crippen molar-refractivity contribution >= 4 is 10.8 Å². The number of hydrogen-bond donors (Lipinski definition) is 0. The number of hydrogen-bond acceptors (Lipinski definition) is 0. The lowest BCUT2D eigenvalue weighted by molar-refractivity contribution is 0.912. The molecular formula is C12H11-. The van der Waals surface area contributed by atoms with Crippen LogP contribution in [0.2, 0.25) is 0 Å². The summed E-state index contributed by atoms with van der Waals surface area (Å²) in [5.41, 5.74) is 3.16. The van der Waals surface area contributed by atoms with Gasteiger partial charge in [-0.1, -0.05) is 18.2 Å². The summed E-state index contributed by atoms with van der Waals surface area (Å²) in [5.74, 6) is 0. The minimum atomic E-state index is 1.29. The second-order valence-electron chi connectivity index (χ2n) is 3.63. The van der Waals surface area contributed by atoms with Crippen molar-refractivity contribution < 1.29 is 0 Å². The van der Waals surface area contributed by atoms with Crippen molar-refractivity contribution in [1.82, 2.24) is 0 Å². The fourth-order valence-electron chi connectivity index (χ4n) is 2.21. The zero-order valence-corrected chi connectivity index (χ0v) is 7.01. The molecule has 2 aromatic carbocycles. The van der Waals surface area contributed by atoms with E-state index in [-0.39, 0.29) is 0 Å². The van der Waals surface area contributed by atoms with E-state index in [1.54, 1.807) is 11.1 Å². The van der Waals surface area contributed by atoms with Crippen molar-refractivity contribution in [2.45, 2.75) is 19.3 Å². The molecule has 0 aromatic heterocycles. The van der Waals surface area contributed by atoms with Gasteiger partial charge in [-0.05, 0) is 6.42 Å². The minimum absolute atomic E-state index is 1.29. The van der Waals surface area contributed by atoms with Crippen molar-refractivity contribution in [2.24, 2.45) is 0 Å². The molecule has 0 saturated carbocycles. The average molecular weight is 155 g/mol. The van der Waals surface area contributed by atoms with Gasteiger partial charge in [0, 0.05) is 0 Å². The van der Waals surface area contributed by atoms with Crippen molar-refractivity contribution in [3.8, 4) is 0 Å². The molecule has 2 aromatic rings. The number of fused-ring (bicyclic) bond motifs is 2. The van der Waals surface area contributed by atoms with Gasteiger partial charge in [-0.2, -0.15) is 12.1 Å². The lowest BCUT2D eigenvalue weighted by atomic mass is 10.1. The molecule has 1 aliphatic rings. The normalized spacial score (nSPS) is 15.3. The standard InChI is InChI=1S/C12H11/c1-3-9-7-11-5-2-6-12(11)8-10(9)4-1/h1,3-4,7-8H,2,5-6H2/q-1. The van der Waals surface area contributed by atoms with Gasteiger partial charge in [-0.25, -0.2) is 0 Å². The van der Waals surface area contributed by atoms with Gasteiger partial charge in [0.15, 0.2) is 0 Å². The first-order chi connectivity index (χ1) is 5.93. The molecule has 0 nitrogen and oxygen atoms in total.